The number of aliphatic hydroxyl groups is 1. The highest BCUT2D eigenvalue weighted by Crippen LogP contribution is 2.36. The lowest BCUT2D eigenvalue weighted by atomic mass is 10.1. The Kier molecular flexibility index (Phi) is 2.68. The maximum absolute atomic E-state index is 13.5. The van der Waals surface area contributed by atoms with Gasteiger partial charge in [-0.05, 0) is 29.8 Å². The van der Waals surface area contributed by atoms with Gasteiger partial charge in [-0.25, -0.2) is 4.39 Å². The first-order chi connectivity index (χ1) is 9.17. The summed E-state index contributed by atoms with van der Waals surface area (Å²) in [6, 6.07) is 8.31. The van der Waals surface area contributed by atoms with E-state index in [0.717, 1.165) is 27.4 Å². The average Bonchev–Trinajstić information content (AvgIpc) is 2.72. The van der Waals surface area contributed by atoms with Crippen molar-refractivity contribution in [3.8, 4) is 5.75 Å². The fourth-order valence-electron chi connectivity index (χ4n) is 2.67. The van der Waals surface area contributed by atoms with Crippen molar-refractivity contribution in [2.24, 2.45) is 7.05 Å². The number of hydrogen-bond donors (Lipinski definition) is 1. The minimum absolute atomic E-state index is 0.0872. The molecule has 3 rings (SSSR count). The van der Waals surface area contributed by atoms with Crippen LogP contribution in [-0.2, 0) is 13.7 Å². The van der Waals surface area contributed by atoms with E-state index in [9.17, 15) is 9.50 Å². The van der Waals surface area contributed by atoms with Crippen LogP contribution in [0.5, 0.6) is 5.75 Å². The topological polar surface area (TPSA) is 34.4 Å². The summed E-state index contributed by atoms with van der Waals surface area (Å²) in [6.45, 7) is -0.0872. The van der Waals surface area contributed by atoms with E-state index in [4.69, 9.17) is 4.74 Å². The molecule has 1 heterocycles. The molecule has 2 aromatic carbocycles. The van der Waals surface area contributed by atoms with E-state index >= 15 is 0 Å². The summed E-state index contributed by atoms with van der Waals surface area (Å²) in [5.74, 6) is 0.429. The van der Waals surface area contributed by atoms with Crippen LogP contribution in [0.4, 0.5) is 4.39 Å². The molecule has 0 bridgehead atoms. The fraction of sp³-hybridized carbons (Fsp3) is 0.200. The Morgan fingerprint density at radius 2 is 2.05 bits per heavy atom. The zero-order valence-electron chi connectivity index (χ0n) is 10.8. The van der Waals surface area contributed by atoms with E-state index in [1.54, 1.807) is 13.2 Å². The molecule has 0 aliphatic heterocycles. The summed E-state index contributed by atoms with van der Waals surface area (Å²) in [6.07, 6.45) is 0. The van der Waals surface area contributed by atoms with Gasteiger partial charge in [-0.3, -0.25) is 0 Å². The van der Waals surface area contributed by atoms with E-state index in [0.29, 0.717) is 5.75 Å². The number of nitrogens with zero attached hydrogens (tertiary/aromatic N) is 1. The second-order valence-electron chi connectivity index (χ2n) is 4.53. The summed E-state index contributed by atoms with van der Waals surface area (Å²) < 4.78 is 20.8. The third-order valence-corrected chi connectivity index (χ3v) is 3.54. The number of ether oxygens (including phenoxy) is 1. The van der Waals surface area contributed by atoms with Crippen molar-refractivity contribution >= 4 is 21.8 Å². The molecule has 0 saturated heterocycles. The quantitative estimate of drug-likeness (QED) is 0.767. The van der Waals surface area contributed by atoms with Gasteiger partial charge in [0, 0.05) is 23.3 Å². The first-order valence-electron chi connectivity index (χ1n) is 6.01. The molecule has 0 aliphatic rings. The minimum atomic E-state index is -0.285. The Hall–Kier alpha value is -2.07. The van der Waals surface area contributed by atoms with Gasteiger partial charge in [0.25, 0.3) is 0 Å². The van der Waals surface area contributed by atoms with Crippen LogP contribution in [0.3, 0.4) is 0 Å². The monoisotopic (exact) mass is 259 g/mol. The largest absolute Gasteiger partial charge is 0.495 e. The third-order valence-electron chi connectivity index (χ3n) is 3.54. The zero-order valence-corrected chi connectivity index (χ0v) is 10.8. The zero-order chi connectivity index (χ0) is 13.6. The maximum Gasteiger partial charge on any atom is 0.143 e. The molecule has 0 unspecified atom stereocenters. The van der Waals surface area contributed by atoms with Gasteiger partial charge >= 0.3 is 0 Å². The molecule has 3 nitrogen and oxygen atoms in total. The van der Waals surface area contributed by atoms with Crippen LogP contribution in [0, 0.1) is 5.82 Å². The molecule has 0 saturated carbocycles. The summed E-state index contributed by atoms with van der Waals surface area (Å²) in [5.41, 5.74) is 2.55. The molecule has 98 valence electrons. The summed E-state index contributed by atoms with van der Waals surface area (Å²) in [4.78, 5) is 0. The second-order valence-corrected chi connectivity index (χ2v) is 4.53. The molecular formula is C15H14FNO2. The number of aryl methyl sites for hydroxylation is 1. The van der Waals surface area contributed by atoms with Crippen molar-refractivity contribution in [3.63, 3.8) is 0 Å². The molecule has 4 heteroatoms. The van der Waals surface area contributed by atoms with Gasteiger partial charge in [0.15, 0.2) is 0 Å². The molecule has 1 aromatic heterocycles. The minimum Gasteiger partial charge on any atom is -0.495 e. The van der Waals surface area contributed by atoms with Gasteiger partial charge in [-0.15, -0.1) is 0 Å². The molecule has 0 radical (unpaired) electrons. The van der Waals surface area contributed by atoms with E-state index in [-0.39, 0.29) is 12.4 Å². The van der Waals surface area contributed by atoms with Crippen LogP contribution in [0.1, 0.15) is 5.56 Å². The van der Waals surface area contributed by atoms with Crippen LogP contribution in [-0.4, -0.2) is 16.8 Å². The van der Waals surface area contributed by atoms with Crippen molar-refractivity contribution < 1.29 is 14.2 Å². The molecule has 19 heavy (non-hydrogen) atoms. The molecule has 0 atom stereocenters. The van der Waals surface area contributed by atoms with E-state index in [1.807, 2.05) is 23.7 Å². The summed E-state index contributed by atoms with van der Waals surface area (Å²) in [7, 11) is 3.51. The predicted octanol–water partition coefficient (Wildman–Crippen LogP) is 2.97. The average molecular weight is 259 g/mol. The van der Waals surface area contributed by atoms with Gasteiger partial charge in [0.1, 0.15) is 11.6 Å². The Balaban J connectivity index is 2.60. The molecular weight excluding hydrogens is 245 g/mol. The SMILES string of the molecule is COc1ccc(CO)c2c3cc(F)ccc3n(C)c12. The third kappa shape index (κ3) is 1.60. The smallest absolute Gasteiger partial charge is 0.143 e. The number of aliphatic hydroxyl groups excluding tert-OH is 1. The van der Waals surface area contributed by atoms with Crippen LogP contribution in [0.15, 0.2) is 30.3 Å². The first kappa shape index (κ1) is 12.0. The summed E-state index contributed by atoms with van der Waals surface area (Å²) >= 11 is 0. The van der Waals surface area contributed by atoms with Crippen LogP contribution in [0.25, 0.3) is 21.8 Å². The lowest BCUT2D eigenvalue weighted by Crippen LogP contribution is -1.93. The number of rotatable bonds is 2. The lowest BCUT2D eigenvalue weighted by molar-refractivity contribution is 0.283. The Bertz CT molecular complexity index is 777. The number of fused-ring (bicyclic) bond motifs is 3. The molecule has 0 amide bonds. The van der Waals surface area contributed by atoms with Gasteiger partial charge in [-0.2, -0.15) is 0 Å². The van der Waals surface area contributed by atoms with Crippen molar-refractivity contribution in [3.05, 3.63) is 41.7 Å². The lowest BCUT2D eigenvalue weighted by Gasteiger charge is -2.07. The van der Waals surface area contributed by atoms with Crippen molar-refractivity contribution in [2.75, 3.05) is 7.11 Å². The molecule has 0 aliphatic carbocycles. The normalized spacial score (nSPS) is 11.4. The van der Waals surface area contributed by atoms with Crippen molar-refractivity contribution in [1.82, 2.24) is 4.57 Å². The fourth-order valence-corrected chi connectivity index (χ4v) is 2.67. The van der Waals surface area contributed by atoms with Crippen LogP contribution >= 0.6 is 0 Å². The first-order valence-corrected chi connectivity index (χ1v) is 6.01. The highest BCUT2D eigenvalue weighted by Gasteiger charge is 2.16. The van der Waals surface area contributed by atoms with E-state index < -0.39 is 0 Å². The Morgan fingerprint density at radius 1 is 1.26 bits per heavy atom. The van der Waals surface area contributed by atoms with E-state index in [1.165, 1.54) is 12.1 Å². The molecule has 1 N–H and O–H groups in total. The van der Waals surface area contributed by atoms with Crippen LogP contribution in [0.2, 0.25) is 0 Å². The number of benzene rings is 2. The van der Waals surface area contributed by atoms with Gasteiger partial charge in [-0.1, -0.05) is 6.07 Å². The van der Waals surface area contributed by atoms with E-state index in [2.05, 4.69) is 0 Å². The molecule has 3 aromatic rings. The number of aromatic nitrogens is 1. The Labute approximate surface area is 109 Å². The molecule has 0 spiro atoms. The number of halogens is 1. The number of methoxy groups -OCH3 is 1. The molecule has 0 fully saturated rings. The van der Waals surface area contributed by atoms with Crippen molar-refractivity contribution in [1.29, 1.82) is 0 Å². The van der Waals surface area contributed by atoms with Crippen molar-refractivity contribution in [2.45, 2.75) is 6.61 Å². The summed E-state index contributed by atoms with van der Waals surface area (Å²) in [5, 5.41) is 11.1. The van der Waals surface area contributed by atoms with Gasteiger partial charge in [0.2, 0.25) is 0 Å². The van der Waals surface area contributed by atoms with Gasteiger partial charge in [0.05, 0.1) is 19.2 Å². The second kappa shape index (κ2) is 4.24. The van der Waals surface area contributed by atoms with Crippen LogP contribution < -0.4 is 4.74 Å². The highest BCUT2D eigenvalue weighted by molar-refractivity contribution is 6.11. The Morgan fingerprint density at radius 3 is 2.74 bits per heavy atom. The standard InChI is InChI=1S/C15H14FNO2/c1-17-12-5-4-10(16)7-11(12)14-9(8-18)3-6-13(19-2)15(14)17/h3-7,18H,8H2,1-2H3. The predicted molar refractivity (Wildman–Crippen MR) is 72.9 cm³/mol. The van der Waals surface area contributed by atoms with Gasteiger partial charge < -0.3 is 14.4 Å². The highest BCUT2D eigenvalue weighted by atomic mass is 19.1. The number of hydrogen-bond acceptors (Lipinski definition) is 2. The maximum atomic E-state index is 13.5.